The number of nitrogens with zero attached hydrogens (tertiary/aromatic N) is 3. The zero-order valence-corrected chi connectivity index (χ0v) is 18.5. The Morgan fingerprint density at radius 1 is 1.27 bits per heavy atom. The summed E-state index contributed by atoms with van der Waals surface area (Å²) in [6.45, 7) is 4.16. The Morgan fingerprint density at radius 2 is 2.03 bits per heavy atom. The molecule has 1 aliphatic rings. The van der Waals surface area contributed by atoms with Crippen LogP contribution in [0.3, 0.4) is 0 Å². The quantitative estimate of drug-likeness (QED) is 0.503. The molecule has 1 amide bonds. The highest BCUT2D eigenvalue weighted by atomic mass is 19.1. The van der Waals surface area contributed by atoms with Gasteiger partial charge in [0.25, 0.3) is 5.91 Å². The summed E-state index contributed by atoms with van der Waals surface area (Å²) in [5.41, 5.74) is 1.58. The second-order valence-electron chi connectivity index (χ2n) is 8.54. The molecule has 0 atom stereocenters. The average Bonchev–Trinajstić information content (AvgIpc) is 3.20. The normalized spacial score (nSPS) is 17.7. The number of H-pyrrole nitrogens is 1. The minimum absolute atomic E-state index is 0.146. The monoisotopic (exact) mass is 456 g/mol. The lowest BCUT2D eigenvalue weighted by Gasteiger charge is -2.42. The highest BCUT2D eigenvalue weighted by Crippen LogP contribution is 2.37. The zero-order valence-electron chi connectivity index (χ0n) is 18.5. The summed E-state index contributed by atoms with van der Waals surface area (Å²) in [4.78, 5) is 15.7. The van der Waals surface area contributed by atoms with E-state index in [0.717, 1.165) is 11.5 Å². The molecular formula is C24H26F2N4O3. The zero-order chi connectivity index (χ0) is 23.7. The van der Waals surface area contributed by atoms with Gasteiger partial charge in [-0.3, -0.25) is 9.89 Å². The molecule has 0 bridgehead atoms. The van der Waals surface area contributed by atoms with Crippen LogP contribution in [0.2, 0.25) is 0 Å². The van der Waals surface area contributed by atoms with Crippen molar-refractivity contribution in [1.82, 2.24) is 20.0 Å². The Labute approximate surface area is 190 Å². The third kappa shape index (κ3) is 4.83. The molecule has 1 fully saturated rings. The summed E-state index contributed by atoms with van der Waals surface area (Å²) in [7, 11) is 3.78. The SMILES string of the molecule is C=C(F)C(=O)N(CCN(C)C)C1CC(Oc2cc(-c3ccc(O)cc3F)cc3[nH]ncc23)C1. The summed E-state index contributed by atoms with van der Waals surface area (Å²) < 4.78 is 34.2. The maximum absolute atomic E-state index is 14.4. The second kappa shape index (κ2) is 9.19. The average molecular weight is 456 g/mol. The molecule has 0 spiro atoms. The fourth-order valence-corrected chi connectivity index (χ4v) is 3.99. The number of hydrogen-bond donors (Lipinski definition) is 2. The minimum Gasteiger partial charge on any atom is -0.508 e. The maximum atomic E-state index is 14.4. The van der Waals surface area contributed by atoms with Gasteiger partial charge in [-0.2, -0.15) is 5.10 Å². The van der Waals surface area contributed by atoms with Gasteiger partial charge in [-0.15, -0.1) is 0 Å². The van der Waals surface area contributed by atoms with Crippen LogP contribution in [0.5, 0.6) is 11.5 Å². The van der Waals surface area contributed by atoms with Gasteiger partial charge in [-0.05, 0) is 43.9 Å². The fourth-order valence-electron chi connectivity index (χ4n) is 3.99. The number of rotatable bonds is 8. The molecule has 2 N–H and O–H groups in total. The van der Waals surface area contributed by atoms with E-state index >= 15 is 0 Å². The van der Waals surface area contributed by atoms with E-state index in [1.54, 1.807) is 18.3 Å². The number of aromatic amines is 1. The predicted molar refractivity (Wildman–Crippen MR) is 121 cm³/mol. The number of amides is 1. The van der Waals surface area contributed by atoms with Gasteiger partial charge in [0.1, 0.15) is 23.4 Å². The maximum Gasteiger partial charge on any atom is 0.282 e. The smallest absolute Gasteiger partial charge is 0.282 e. The van der Waals surface area contributed by atoms with Crippen LogP contribution in [0, 0.1) is 5.82 Å². The number of phenols is 1. The molecular weight excluding hydrogens is 430 g/mol. The van der Waals surface area contributed by atoms with Crippen LogP contribution in [-0.2, 0) is 4.79 Å². The van der Waals surface area contributed by atoms with Crippen LogP contribution in [0.1, 0.15) is 12.8 Å². The van der Waals surface area contributed by atoms with Gasteiger partial charge >= 0.3 is 0 Å². The third-order valence-corrected chi connectivity index (χ3v) is 5.87. The van der Waals surface area contributed by atoms with Crippen molar-refractivity contribution in [2.45, 2.75) is 25.0 Å². The fraction of sp³-hybridized carbons (Fsp3) is 0.333. The highest BCUT2D eigenvalue weighted by Gasteiger charge is 2.38. The Bertz CT molecular complexity index is 1190. The van der Waals surface area contributed by atoms with E-state index in [9.17, 15) is 18.7 Å². The number of halogens is 2. The molecule has 1 aliphatic carbocycles. The molecule has 0 saturated heterocycles. The summed E-state index contributed by atoms with van der Waals surface area (Å²) in [5.74, 6) is -1.83. The number of carbonyl (C=O) groups is 1. The van der Waals surface area contributed by atoms with E-state index in [0.29, 0.717) is 48.3 Å². The first-order valence-corrected chi connectivity index (χ1v) is 10.7. The molecule has 0 aliphatic heterocycles. The largest absolute Gasteiger partial charge is 0.508 e. The van der Waals surface area contributed by atoms with Crippen LogP contribution >= 0.6 is 0 Å². The molecule has 1 aromatic heterocycles. The Morgan fingerprint density at radius 3 is 2.70 bits per heavy atom. The van der Waals surface area contributed by atoms with Crippen molar-refractivity contribution in [2.24, 2.45) is 0 Å². The summed E-state index contributed by atoms with van der Waals surface area (Å²) >= 11 is 0. The number of ether oxygens (including phenoxy) is 1. The number of aromatic nitrogens is 2. The van der Waals surface area contributed by atoms with Gasteiger partial charge in [-0.1, -0.05) is 6.58 Å². The van der Waals surface area contributed by atoms with Crippen LogP contribution in [0.15, 0.2) is 48.9 Å². The lowest BCUT2D eigenvalue weighted by atomic mass is 9.87. The highest BCUT2D eigenvalue weighted by molar-refractivity contribution is 5.91. The number of carbonyl (C=O) groups excluding carboxylic acids is 1. The van der Waals surface area contributed by atoms with Gasteiger partial charge in [0, 0.05) is 43.6 Å². The number of aromatic hydroxyl groups is 1. The summed E-state index contributed by atoms with van der Waals surface area (Å²) in [6, 6.07) is 7.34. The molecule has 1 heterocycles. The molecule has 7 nitrogen and oxygen atoms in total. The number of likely N-dealkylation sites (N-methyl/N-ethyl adjacent to an activating group) is 1. The number of hydrogen-bond acceptors (Lipinski definition) is 5. The Balaban J connectivity index is 1.52. The topological polar surface area (TPSA) is 81.7 Å². The summed E-state index contributed by atoms with van der Waals surface area (Å²) in [5, 5.41) is 17.2. The molecule has 2 aromatic carbocycles. The van der Waals surface area contributed by atoms with E-state index in [1.807, 2.05) is 19.0 Å². The first-order valence-electron chi connectivity index (χ1n) is 10.7. The van der Waals surface area contributed by atoms with Crippen LogP contribution < -0.4 is 4.74 Å². The molecule has 0 radical (unpaired) electrons. The Hall–Kier alpha value is -3.46. The van der Waals surface area contributed by atoms with Crippen molar-refractivity contribution in [3.05, 3.63) is 54.8 Å². The van der Waals surface area contributed by atoms with Gasteiger partial charge in [-0.25, -0.2) is 8.78 Å². The van der Waals surface area contributed by atoms with Crippen molar-refractivity contribution >= 4 is 16.8 Å². The molecule has 3 aromatic rings. The second-order valence-corrected chi connectivity index (χ2v) is 8.54. The lowest BCUT2D eigenvalue weighted by molar-refractivity contribution is -0.135. The van der Waals surface area contributed by atoms with E-state index < -0.39 is 17.6 Å². The number of benzene rings is 2. The van der Waals surface area contributed by atoms with Gasteiger partial charge in [0.15, 0.2) is 5.83 Å². The minimum atomic E-state index is -0.971. The first kappa shape index (κ1) is 22.7. The van der Waals surface area contributed by atoms with Gasteiger partial charge in [0.05, 0.1) is 17.1 Å². The molecule has 33 heavy (non-hydrogen) atoms. The van der Waals surface area contributed by atoms with Crippen LogP contribution in [-0.4, -0.2) is 70.3 Å². The molecule has 9 heteroatoms. The van der Waals surface area contributed by atoms with Gasteiger partial charge < -0.3 is 19.6 Å². The van der Waals surface area contributed by atoms with E-state index in [2.05, 4.69) is 16.8 Å². The summed E-state index contributed by atoms with van der Waals surface area (Å²) in [6.07, 6.45) is 2.54. The predicted octanol–water partition coefficient (Wildman–Crippen LogP) is 3.86. The Kier molecular flexibility index (Phi) is 6.33. The molecule has 174 valence electrons. The molecule has 4 rings (SSSR count). The van der Waals surface area contributed by atoms with E-state index in [-0.39, 0.29) is 17.9 Å². The van der Waals surface area contributed by atoms with Crippen LogP contribution in [0.25, 0.3) is 22.0 Å². The van der Waals surface area contributed by atoms with Crippen LogP contribution in [0.4, 0.5) is 8.78 Å². The first-order chi connectivity index (χ1) is 15.7. The number of phenolic OH excluding ortho intramolecular Hbond substituents is 1. The van der Waals surface area contributed by atoms with Crippen molar-refractivity contribution in [3.63, 3.8) is 0 Å². The number of nitrogens with one attached hydrogen (secondary N) is 1. The van der Waals surface area contributed by atoms with Crippen molar-refractivity contribution in [2.75, 3.05) is 27.2 Å². The van der Waals surface area contributed by atoms with Crippen molar-refractivity contribution in [1.29, 1.82) is 0 Å². The van der Waals surface area contributed by atoms with Crippen molar-refractivity contribution < 1.29 is 23.4 Å². The van der Waals surface area contributed by atoms with E-state index in [4.69, 9.17) is 4.74 Å². The molecule has 0 unspecified atom stereocenters. The van der Waals surface area contributed by atoms with E-state index in [1.165, 1.54) is 17.0 Å². The third-order valence-electron chi connectivity index (χ3n) is 5.87. The van der Waals surface area contributed by atoms with Gasteiger partial charge in [0.2, 0.25) is 0 Å². The van der Waals surface area contributed by atoms with Crippen molar-refractivity contribution in [3.8, 4) is 22.6 Å². The molecule has 1 saturated carbocycles. The standard InChI is InChI=1S/C24H26F2N4O3/c1-14(25)24(32)30(7-6-29(2)3)16-10-18(11-16)33-23-9-15(8-22-20(23)13-27-28-22)19-5-4-17(31)12-21(19)26/h4-5,8-9,12-13,16,18,31H,1,6-7,10-11H2,2-3H3,(H,27,28). The number of fused-ring (bicyclic) bond motifs is 1. The lowest BCUT2D eigenvalue weighted by Crippen LogP contribution is -2.53.